The minimum Gasteiger partial charge on any atom is -0.361 e. The summed E-state index contributed by atoms with van der Waals surface area (Å²) in [6.45, 7) is 8.26. The Hall–Kier alpha value is -1.63. The lowest BCUT2D eigenvalue weighted by molar-refractivity contribution is 0.0897. The van der Waals surface area contributed by atoms with Crippen LogP contribution in [0.3, 0.4) is 0 Å². The van der Waals surface area contributed by atoms with Crippen molar-refractivity contribution in [2.45, 2.75) is 32.4 Å². The molecular formula is C16H21ClN4OSi. The van der Waals surface area contributed by atoms with Gasteiger partial charge in [-0.1, -0.05) is 31.2 Å². The number of rotatable bonds is 6. The quantitative estimate of drug-likeness (QED) is 0.495. The average molecular weight is 349 g/mol. The van der Waals surface area contributed by atoms with Crippen molar-refractivity contribution in [2.24, 2.45) is 0 Å². The highest BCUT2D eigenvalue weighted by Crippen LogP contribution is 2.27. The maximum atomic E-state index is 6.31. The highest BCUT2D eigenvalue weighted by molar-refractivity contribution is 6.76. The van der Waals surface area contributed by atoms with Crippen LogP contribution in [0, 0.1) is 0 Å². The van der Waals surface area contributed by atoms with Gasteiger partial charge in [-0.25, -0.2) is 9.97 Å². The highest BCUT2D eigenvalue weighted by Gasteiger charge is 2.15. The van der Waals surface area contributed by atoms with Crippen LogP contribution in [0.4, 0.5) is 0 Å². The molecule has 0 saturated carbocycles. The third-order valence-electron chi connectivity index (χ3n) is 3.71. The Morgan fingerprint density at radius 3 is 2.78 bits per heavy atom. The summed E-state index contributed by atoms with van der Waals surface area (Å²) in [6.07, 6.45) is 7.14. The van der Waals surface area contributed by atoms with E-state index in [-0.39, 0.29) is 0 Å². The van der Waals surface area contributed by atoms with E-state index < -0.39 is 8.07 Å². The minimum atomic E-state index is -1.09. The lowest BCUT2D eigenvalue weighted by atomic mass is 10.3. The number of pyridine rings is 1. The fourth-order valence-electron chi connectivity index (χ4n) is 2.37. The van der Waals surface area contributed by atoms with Gasteiger partial charge in [0.15, 0.2) is 0 Å². The summed E-state index contributed by atoms with van der Waals surface area (Å²) in [6, 6.07) is 4.97. The Balaban J connectivity index is 1.91. The largest absolute Gasteiger partial charge is 0.361 e. The second kappa shape index (κ2) is 6.47. The van der Waals surface area contributed by atoms with E-state index >= 15 is 0 Å². The number of halogens is 1. The van der Waals surface area contributed by atoms with Gasteiger partial charge in [-0.3, -0.25) is 9.13 Å². The van der Waals surface area contributed by atoms with Gasteiger partial charge < -0.3 is 4.74 Å². The second-order valence-electron chi connectivity index (χ2n) is 6.78. The summed E-state index contributed by atoms with van der Waals surface area (Å²) in [5, 5.41) is 1.61. The third-order valence-corrected chi connectivity index (χ3v) is 5.74. The van der Waals surface area contributed by atoms with Crippen LogP contribution in [-0.4, -0.2) is 33.8 Å². The maximum absolute atomic E-state index is 6.31. The van der Waals surface area contributed by atoms with Gasteiger partial charge in [-0.15, -0.1) is 0 Å². The van der Waals surface area contributed by atoms with Crippen LogP contribution in [-0.2, 0) is 11.5 Å². The second-order valence-corrected chi connectivity index (χ2v) is 12.8. The standard InChI is InChI=1S/C16H21ClN4OSi/c1-23(2,3)9-8-22-12-21-15(20-7-6-18-11-20)10-13-14(17)4-5-19-16(13)21/h4-7,10-11H,8-9,12H2,1-3H3. The molecule has 122 valence electrons. The van der Waals surface area contributed by atoms with E-state index in [1.165, 1.54) is 0 Å². The predicted octanol–water partition coefficient (Wildman–Crippen LogP) is 4.19. The van der Waals surface area contributed by atoms with E-state index in [4.69, 9.17) is 16.3 Å². The van der Waals surface area contributed by atoms with Crippen molar-refractivity contribution in [3.8, 4) is 5.82 Å². The average Bonchev–Trinajstić information content (AvgIpc) is 3.11. The van der Waals surface area contributed by atoms with Crippen LogP contribution in [0.15, 0.2) is 37.1 Å². The molecule has 0 aliphatic carbocycles. The molecule has 0 aliphatic heterocycles. The van der Waals surface area contributed by atoms with Gasteiger partial charge in [-0.05, 0) is 18.2 Å². The number of fused-ring (bicyclic) bond motifs is 1. The minimum absolute atomic E-state index is 0.453. The maximum Gasteiger partial charge on any atom is 0.144 e. The van der Waals surface area contributed by atoms with Crippen molar-refractivity contribution < 1.29 is 4.74 Å². The fraction of sp³-hybridized carbons (Fsp3) is 0.375. The molecule has 0 amide bonds. The summed E-state index contributed by atoms with van der Waals surface area (Å²) in [4.78, 5) is 8.60. The van der Waals surface area contributed by atoms with Crippen molar-refractivity contribution in [2.75, 3.05) is 6.61 Å². The summed E-state index contributed by atoms with van der Waals surface area (Å²) in [7, 11) is -1.09. The zero-order chi connectivity index (χ0) is 16.4. The van der Waals surface area contributed by atoms with Gasteiger partial charge in [0, 0.05) is 38.7 Å². The van der Waals surface area contributed by atoms with Crippen LogP contribution in [0.25, 0.3) is 16.9 Å². The van der Waals surface area contributed by atoms with Crippen LogP contribution in [0.5, 0.6) is 0 Å². The molecule has 0 atom stereocenters. The monoisotopic (exact) mass is 348 g/mol. The van der Waals surface area contributed by atoms with Gasteiger partial charge >= 0.3 is 0 Å². The van der Waals surface area contributed by atoms with Crippen LogP contribution < -0.4 is 0 Å². The lowest BCUT2D eigenvalue weighted by Crippen LogP contribution is -2.22. The number of hydrogen-bond donors (Lipinski definition) is 0. The zero-order valence-electron chi connectivity index (χ0n) is 13.7. The van der Waals surface area contributed by atoms with Gasteiger partial charge in [0.1, 0.15) is 24.5 Å². The number of imidazole rings is 1. The number of ether oxygens (including phenoxy) is 1. The van der Waals surface area contributed by atoms with Crippen molar-refractivity contribution in [1.82, 2.24) is 19.1 Å². The first-order chi connectivity index (χ1) is 11.0. The number of nitrogens with zero attached hydrogens (tertiary/aromatic N) is 4. The van der Waals surface area contributed by atoms with Crippen LogP contribution >= 0.6 is 11.6 Å². The summed E-state index contributed by atoms with van der Waals surface area (Å²) in [5.41, 5.74) is 0.828. The summed E-state index contributed by atoms with van der Waals surface area (Å²) < 4.78 is 9.90. The molecule has 0 radical (unpaired) electrons. The normalized spacial score (nSPS) is 12.2. The molecule has 7 heteroatoms. The molecule has 3 rings (SSSR count). The molecule has 3 heterocycles. The Morgan fingerprint density at radius 2 is 2.09 bits per heavy atom. The van der Waals surface area contributed by atoms with Crippen molar-refractivity contribution in [1.29, 1.82) is 0 Å². The molecule has 0 bridgehead atoms. The van der Waals surface area contributed by atoms with Gasteiger partial charge in [0.2, 0.25) is 0 Å². The zero-order valence-corrected chi connectivity index (χ0v) is 15.4. The van der Waals surface area contributed by atoms with E-state index in [2.05, 4.69) is 29.6 Å². The molecule has 0 unspecified atom stereocenters. The number of aromatic nitrogens is 4. The van der Waals surface area contributed by atoms with Crippen molar-refractivity contribution in [3.05, 3.63) is 42.1 Å². The molecule has 0 saturated heterocycles. The first-order valence-corrected chi connectivity index (χ1v) is 11.7. The van der Waals surface area contributed by atoms with Crippen LogP contribution in [0.2, 0.25) is 30.7 Å². The molecule has 5 nitrogen and oxygen atoms in total. The number of hydrogen-bond acceptors (Lipinski definition) is 3. The van der Waals surface area contributed by atoms with Gasteiger partial charge in [0.05, 0.1) is 5.02 Å². The SMILES string of the molecule is C[Si](C)(C)CCOCn1c(-n2ccnc2)cc2c(Cl)ccnc21. The summed E-state index contributed by atoms with van der Waals surface area (Å²) in [5.74, 6) is 0.950. The molecule has 3 aromatic rings. The Morgan fingerprint density at radius 1 is 1.26 bits per heavy atom. The third kappa shape index (κ3) is 3.65. The van der Waals surface area contributed by atoms with Gasteiger partial charge in [0.25, 0.3) is 0 Å². The molecule has 0 aromatic carbocycles. The Labute approximate surface area is 141 Å². The molecule has 3 aromatic heterocycles. The van der Waals surface area contributed by atoms with Crippen molar-refractivity contribution >= 4 is 30.7 Å². The van der Waals surface area contributed by atoms with E-state index in [0.717, 1.165) is 29.5 Å². The van der Waals surface area contributed by atoms with E-state index in [0.29, 0.717) is 11.8 Å². The Kier molecular flexibility index (Phi) is 4.56. The molecule has 0 fully saturated rings. The van der Waals surface area contributed by atoms with E-state index in [1.807, 2.05) is 21.4 Å². The lowest BCUT2D eigenvalue weighted by Gasteiger charge is -2.16. The first-order valence-electron chi connectivity index (χ1n) is 7.65. The molecule has 0 spiro atoms. The van der Waals surface area contributed by atoms with E-state index in [1.54, 1.807) is 24.8 Å². The van der Waals surface area contributed by atoms with Gasteiger partial charge in [-0.2, -0.15) is 0 Å². The predicted molar refractivity (Wildman–Crippen MR) is 96.0 cm³/mol. The molecule has 23 heavy (non-hydrogen) atoms. The molecule has 0 aliphatic rings. The molecular weight excluding hydrogens is 328 g/mol. The van der Waals surface area contributed by atoms with E-state index in [9.17, 15) is 0 Å². The Bertz CT molecular complexity index is 792. The highest BCUT2D eigenvalue weighted by atomic mass is 35.5. The molecule has 0 N–H and O–H groups in total. The summed E-state index contributed by atoms with van der Waals surface area (Å²) >= 11 is 6.31. The first kappa shape index (κ1) is 16.2. The van der Waals surface area contributed by atoms with Crippen molar-refractivity contribution in [3.63, 3.8) is 0 Å². The topological polar surface area (TPSA) is 44.9 Å². The fourth-order valence-corrected chi connectivity index (χ4v) is 3.33. The smallest absolute Gasteiger partial charge is 0.144 e. The van der Waals surface area contributed by atoms with Crippen LogP contribution in [0.1, 0.15) is 0 Å².